The van der Waals surface area contributed by atoms with Crippen molar-refractivity contribution < 1.29 is 13.9 Å². The molecule has 0 saturated carbocycles. The zero-order chi connectivity index (χ0) is 23.4. The van der Waals surface area contributed by atoms with Crippen LogP contribution < -0.4 is 10.4 Å². The first kappa shape index (κ1) is 24.7. The highest BCUT2D eigenvalue weighted by Gasteiger charge is 2.41. The molecule has 0 N–H and O–H groups in total. The van der Waals surface area contributed by atoms with E-state index in [-0.39, 0.29) is 12.0 Å². The number of rotatable bonds is 11. The third kappa shape index (κ3) is 6.77. The first-order valence-corrected chi connectivity index (χ1v) is 13.1. The molecule has 33 heavy (non-hydrogen) atoms. The Bertz CT molecular complexity index is 986. The molecule has 0 radical (unpaired) electrons. The molecule has 170 valence electrons. The van der Waals surface area contributed by atoms with E-state index in [0.29, 0.717) is 19.8 Å². The van der Waals surface area contributed by atoms with Crippen LogP contribution in [0.2, 0.25) is 0 Å². The van der Waals surface area contributed by atoms with Gasteiger partial charge in [-0.25, -0.2) is 0 Å². The SMILES string of the molecule is C=C[C@H](C)[C@H](COCc1ccccc1)O[Si](C#CCOC)(c1ccccc1)c1ccccc1. The third-order valence-corrected chi connectivity index (χ3v) is 9.00. The van der Waals surface area contributed by atoms with Crippen LogP contribution in [0.25, 0.3) is 0 Å². The second kappa shape index (κ2) is 12.9. The monoisotopic (exact) mass is 456 g/mol. The highest BCUT2D eigenvalue weighted by atomic mass is 28.4. The van der Waals surface area contributed by atoms with Gasteiger partial charge in [0, 0.05) is 13.0 Å². The quantitative estimate of drug-likeness (QED) is 0.244. The molecule has 0 fully saturated rings. The van der Waals surface area contributed by atoms with Crippen molar-refractivity contribution in [3.05, 3.63) is 109 Å². The first-order chi connectivity index (χ1) is 16.2. The van der Waals surface area contributed by atoms with E-state index in [1.54, 1.807) is 7.11 Å². The van der Waals surface area contributed by atoms with Gasteiger partial charge >= 0.3 is 8.32 Å². The van der Waals surface area contributed by atoms with E-state index < -0.39 is 8.32 Å². The van der Waals surface area contributed by atoms with Gasteiger partial charge in [0.25, 0.3) is 0 Å². The second-order valence-electron chi connectivity index (χ2n) is 7.90. The molecule has 0 aliphatic rings. The molecular weight excluding hydrogens is 424 g/mol. The van der Waals surface area contributed by atoms with Gasteiger partial charge in [-0.15, -0.1) is 6.58 Å². The Balaban J connectivity index is 1.98. The molecule has 3 aromatic carbocycles. The number of methoxy groups -OCH3 is 1. The molecule has 0 spiro atoms. The summed E-state index contributed by atoms with van der Waals surface area (Å²) in [5.74, 6) is 3.30. The van der Waals surface area contributed by atoms with Crippen LogP contribution in [-0.2, 0) is 20.5 Å². The van der Waals surface area contributed by atoms with Crippen LogP contribution in [0, 0.1) is 17.4 Å². The van der Waals surface area contributed by atoms with E-state index in [1.807, 2.05) is 60.7 Å². The van der Waals surface area contributed by atoms with Crippen molar-refractivity contribution in [3.8, 4) is 11.5 Å². The molecule has 0 bridgehead atoms. The standard InChI is InChI=1S/C29H32O3Si/c1-4-25(2)29(24-31-23-26-15-8-5-9-16-26)32-33(22-14-21-30-3,27-17-10-6-11-18-27)28-19-12-7-13-20-28/h4-13,15-20,25,29H,1,21,23-24H2,2-3H3/t25-,29-/m0/s1. The summed E-state index contributed by atoms with van der Waals surface area (Å²) in [5, 5.41) is 2.20. The van der Waals surface area contributed by atoms with Crippen LogP contribution in [0.5, 0.6) is 0 Å². The number of hydrogen-bond acceptors (Lipinski definition) is 3. The third-order valence-electron chi connectivity index (χ3n) is 5.52. The van der Waals surface area contributed by atoms with Gasteiger partial charge in [0.05, 0.1) is 19.3 Å². The molecule has 3 aromatic rings. The largest absolute Gasteiger partial charge is 0.393 e. The average molecular weight is 457 g/mol. The zero-order valence-corrected chi connectivity index (χ0v) is 20.4. The summed E-state index contributed by atoms with van der Waals surface area (Å²) in [6.45, 7) is 7.47. The van der Waals surface area contributed by atoms with Crippen molar-refractivity contribution >= 4 is 18.7 Å². The second-order valence-corrected chi connectivity index (χ2v) is 10.9. The van der Waals surface area contributed by atoms with Crippen molar-refractivity contribution in [3.63, 3.8) is 0 Å². The van der Waals surface area contributed by atoms with E-state index >= 15 is 0 Å². The lowest BCUT2D eigenvalue weighted by molar-refractivity contribution is 0.0241. The Labute approximate surface area is 199 Å². The maximum absolute atomic E-state index is 7.06. The van der Waals surface area contributed by atoms with Gasteiger partial charge in [-0.2, -0.15) is 0 Å². The summed E-state index contributed by atoms with van der Waals surface area (Å²) < 4.78 is 18.4. The van der Waals surface area contributed by atoms with E-state index in [4.69, 9.17) is 13.9 Å². The molecule has 0 amide bonds. The van der Waals surface area contributed by atoms with Crippen molar-refractivity contribution in [2.24, 2.45) is 5.92 Å². The summed E-state index contributed by atoms with van der Waals surface area (Å²) in [6.07, 6.45) is 1.73. The van der Waals surface area contributed by atoms with Crippen LogP contribution >= 0.6 is 0 Å². The maximum atomic E-state index is 7.06. The summed E-state index contributed by atoms with van der Waals surface area (Å²) >= 11 is 0. The van der Waals surface area contributed by atoms with Gasteiger partial charge in [0.15, 0.2) is 0 Å². The molecule has 0 aliphatic carbocycles. The van der Waals surface area contributed by atoms with E-state index in [1.165, 1.54) is 0 Å². The summed E-state index contributed by atoms with van der Waals surface area (Å²) in [5.41, 5.74) is 4.67. The van der Waals surface area contributed by atoms with Gasteiger partial charge < -0.3 is 13.9 Å². The van der Waals surface area contributed by atoms with Gasteiger partial charge in [-0.05, 0) is 15.9 Å². The molecule has 0 unspecified atom stereocenters. The van der Waals surface area contributed by atoms with Gasteiger partial charge in [0.2, 0.25) is 0 Å². The smallest absolute Gasteiger partial charge is 0.337 e. The van der Waals surface area contributed by atoms with Crippen molar-refractivity contribution in [2.75, 3.05) is 20.3 Å². The molecule has 0 saturated heterocycles. The zero-order valence-electron chi connectivity index (χ0n) is 19.4. The number of benzene rings is 3. The van der Waals surface area contributed by atoms with Crippen LogP contribution in [0.4, 0.5) is 0 Å². The Hall–Kier alpha value is -2.94. The predicted molar refractivity (Wildman–Crippen MR) is 138 cm³/mol. The van der Waals surface area contributed by atoms with Crippen LogP contribution in [-0.4, -0.2) is 34.7 Å². The summed E-state index contributed by atoms with van der Waals surface area (Å²) in [6, 6.07) is 30.8. The number of hydrogen-bond donors (Lipinski definition) is 0. The first-order valence-electron chi connectivity index (χ1n) is 11.2. The van der Waals surface area contributed by atoms with E-state index in [0.717, 1.165) is 15.9 Å². The summed E-state index contributed by atoms with van der Waals surface area (Å²) in [7, 11) is -1.27. The highest BCUT2D eigenvalue weighted by Crippen LogP contribution is 2.18. The van der Waals surface area contributed by atoms with Gasteiger partial charge in [0.1, 0.15) is 6.61 Å². The Morgan fingerprint density at radius 1 is 0.879 bits per heavy atom. The average Bonchev–Trinajstić information content (AvgIpc) is 2.88. The van der Waals surface area contributed by atoms with Gasteiger partial charge in [-0.1, -0.05) is 115 Å². The molecule has 0 aliphatic heterocycles. The lowest BCUT2D eigenvalue weighted by atomic mass is 10.1. The number of ether oxygens (including phenoxy) is 2. The Morgan fingerprint density at radius 3 is 1.94 bits per heavy atom. The Morgan fingerprint density at radius 2 is 1.42 bits per heavy atom. The lowest BCUT2D eigenvalue weighted by Gasteiger charge is -2.34. The molecule has 3 rings (SSSR count). The molecule has 0 aromatic heterocycles. The molecule has 4 heteroatoms. The van der Waals surface area contributed by atoms with Crippen molar-refractivity contribution in [2.45, 2.75) is 19.6 Å². The predicted octanol–water partition coefficient (Wildman–Crippen LogP) is 4.36. The molecular formula is C29H32O3Si. The van der Waals surface area contributed by atoms with Crippen LogP contribution in [0.3, 0.4) is 0 Å². The fourth-order valence-corrected chi connectivity index (χ4v) is 6.93. The van der Waals surface area contributed by atoms with Crippen LogP contribution in [0.1, 0.15) is 12.5 Å². The van der Waals surface area contributed by atoms with Crippen molar-refractivity contribution in [1.82, 2.24) is 0 Å². The minimum Gasteiger partial charge on any atom is -0.393 e. The normalized spacial score (nSPS) is 12.9. The van der Waals surface area contributed by atoms with Crippen LogP contribution in [0.15, 0.2) is 104 Å². The topological polar surface area (TPSA) is 27.7 Å². The molecule has 3 nitrogen and oxygen atoms in total. The Kier molecular flexibility index (Phi) is 9.68. The maximum Gasteiger partial charge on any atom is 0.337 e. The lowest BCUT2D eigenvalue weighted by Crippen LogP contribution is -2.62. The van der Waals surface area contributed by atoms with E-state index in [2.05, 4.69) is 61.4 Å². The van der Waals surface area contributed by atoms with E-state index in [9.17, 15) is 0 Å². The van der Waals surface area contributed by atoms with Crippen molar-refractivity contribution in [1.29, 1.82) is 0 Å². The molecule has 2 atom stereocenters. The minimum absolute atomic E-state index is 0.0873. The highest BCUT2D eigenvalue weighted by molar-refractivity contribution is 7.03. The fraction of sp³-hybridized carbons (Fsp3) is 0.241. The fourth-order valence-electron chi connectivity index (χ4n) is 3.59. The van der Waals surface area contributed by atoms with Gasteiger partial charge in [-0.3, -0.25) is 0 Å². The summed E-state index contributed by atoms with van der Waals surface area (Å²) in [4.78, 5) is 0. The minimum atomic E-state index is -2.93. The molecule has 0 heterocycles.